The van der Waals surface area contributed by atoms with Crippen LogP contribution >= 0.6 is 0 Å². The number of hydrogen-bond donors (Lipinski definition) is 2. The average molecular weight is 532 g/mol. The van der Waals surface area contributed by atoms with Gasteiger partial charge in [-0.1, -0.05) is 95.6 Å². The van der Waals surface area contributed by atoms with Crippen molar-refractivity contribution in [2.45, 2.75) is 102 Å². The van der Waals surface area contributed by atoms with Gasteiger partial charge in [-0.15, -0.1) is 0 Å². The van der Waals surface area contributed by atoms with Gasteiger partial charge >= 0.3 is 0 Å². The maximum absolute atomic E-state index is 13.3. The highest BCUT2D eigenvalue weighted by atomic mass is 19.1. The first-order chi connectivity index (χ1) is 17.6. The van der Waals surface area contributed by atoms with Crippen LogP contribution in [0.4, 0.5) is 4.39 Å². The third kappa shape index (κ3) is 23.4. The molecule has 0 spiro atoms. The zero-order chi connectivity index (χ0) is 30.4. The molecule has 0 radical (unpaired) electrons. The van der Waals surface area contributed by atoms with Crippen LogP contribution in [0.2, 0.25) is 0 Å². The van der Waals surface area contributed by atoms with Gasteiger partial charge in [0.15, 0.2) is 0 Å². The quantitative estimate of drug-likeness (QED) is 0.292. The summed E-state index contributed by atoms with van der Waals surface area (Å²) in [4.78, 5) is 20.3. The Morgan fingerprint density at radius 3 is 1.76 bits per heavy atom. The fourth-order valence-electron chi connectivity index (χ4n) is 2.62. The summed E-state index contributed by atoms with van der Waals surface area (Å²) in [6, 6.07) is 16.0. The molecule has 2 N–H and O–H groups in total. The van der Waals surface area contributed by atoms with Gasteiger partial charge in [0.25, 0.3) is 0 Å². The van der Waals surface area contributed by atoms with Crippen molar-refractivity contribution in [3.63, 3.8) is 0 Å². The fraction of sp³-hybridized carbons (Fsp3) is 0.531. The van der Waals surface area contributed by atoms with Crippen molar-refractivity contribution in [2.24, 2.45) is 10.5 Å². The van der Waals surface area contributed by atoms with Crippen molar-refractivity contribution in [2.75, 3.05) is 6.54 Å². The van der Waals surface area contributed by atoms with Crippen LogP contribution in [-0.4, -0.2) is 25.1 Å². The Bertz CT molecular complexity index is 919. The summed E-state index contributed by atoms with van der Waals surface area (Å²) >= 11 is 0. The van der Waals surface area contributed by atoms with E-state index in [1.54, 1.807) is 20.8 Å². The molecule has 0 aromatic heterocycles. The minimum Gasteiger partial charge on any atom is -0.356 e. The summed E-state index contributed by atoms with van der Waals surface area (Å²) in [6.45, 7) is 26.6. The Kier molecular flexibility index (Phi) is 22.9. The molecule has 0 bridgehead atoms. The van der Waals surface area contributed by atoms with Crippen LogP contribution in [0.15, 0.2) is 53.6 Å². The zero-order valence-corrected chi connectivity index (χ0v) is 26.1. The molecule has 0 unspecified atom stereocenters. The van der Waals surface area contributed by atoms with Crippen molar-refractivity contribution < 1.29 is 14.0 Å². The van der Waals surface area contributed by atoms with Crippen LogP contribution in [0.1, 0.15) is 97.9 Å². The van der Waals surface area contributed by atoms with Crippen molar-refractivity contribution >= 4 is 18.5 Å². The van der Waals surface area contributed by atoms with Gasteiger partial charge in [0, 0.05) is 27.1 Å². The van der Waals surface area contributed by atoms with Gasteiger partial charge in [0.1, 0.15) is 5.67 Å². The van der Waals surface area contributed by atoms with Gasteiger partial charge in [-0.2, -0.15) is 5.10 Å². The molecule has 0 heterocycles. The first-order valence-corrected chi connectivity index (χ1v) is 13.4. The summed E-state index contributed by atoms with van der Waals surface area (Å²) in [5.41, 5.74) is 5.82. The van der Waals surface area contributed by atoms with E-state index in [1.807, 2.05) is 45.0 Å². The Hall–Kier alpha value is -3.02. The van der Waals surface area contributed by atoms with Crippen LogP contribution in [0.25, 0.3) is 0 Å². The van der Waals surface area contributed by atoms with Gasteiger partial charge < -0.3 is 5.32 Å². The summed E-state index contributed by atoms with van der Waals surface area (Å²) in [7, 11) is 0. The van der Waals surface area contributed by atoms with Crippen LogP contribution < -0.4 is 10.7 Å². The van der Waals surface area contributed by atoms with Crippen molar-refractivity contribution in [1.29, 1.82) is 0 Å². The normalized spacial score (nSPS) is 9.82. The van der Waals surface area contributed by atoms with Gasteiger partial charge in [-0.3, -0.25) is 9.59 Å². The van der Waals surface area contributed by atoms with Crippen molar-refractivity contribution in [3.8, 4) is 0 Å². The first-order valence-electron chi connectivity index (χ1n) is 13.4. The number of aryl methyl sites for hydroxylation is 3. The lowest BCUT2D eigenvalue weighted by Gasteiger charge is -2.22. The maximum atomic E-state index is 13.3. The highest BCUT2D eigenvalue weighted by Crippen LogP contribution is 2.24. The molecule has 0 atom stereocenters. The molecule has 0 aliphatic rings. The molecule has 0 saturated heterocycles. The lowest BCUT2D eigenvalue weighted by Crippen LogP contribution is -2.31. The number of benzene rings is 2. The number of nitrogens with zero attached hydrogens (tertiary/aromatic N) is 1. The number of carbonyl (C=O) groups excluding carboxylic acids is 2. The molecule has 2 aromatic carbocycles. The lowest BCUT2D eigenvalue weighted by molar-refractivity contribution is -0.120. The van der Waals surface area contributed by atoms with E-state index in [-0.39, 0.29) is 17.2 Å². The minimum absolute atomic E-state index is 0.0570. The number of halogens is 1. The lowest BCUT2D eigenvalue weighted by atomic mass is 9.90. The first kappa shape index (κ1) is 39.5. The van der Waals surface area contributed by atoms with Crippen LogP contribution in [0.5, 0.6) is 0 Å². The smallest absolute Gasteiger partial charge is 0.236 e. The fourth-order valence-corrected chi connectivity index (χ4v) is 2.62. The van der Waals surface area contributed by atoms with Crippen molar-refractivity contribution in [3.05, 3.63) is 70.8 Å². The van der Waals surface area contributed by atoms with E-state index in [2.05, 4.69) is 81.4 Å². The Morgan fingerprint density at radius 2 is 1.47 bits per heavy atom. The third-order valence-corrected chi connectivity index (χ3v) is 5.36. The second-order valence-corrected chi connectivity index (χ2v) is 9.88. The van der Waals surface area contributed by atoms with E-state index in [0.29, 0.717) is 0 Å². The molecular weight excluding hydrogens is 477 g/mol. The van der Waals surface area contributed by atoms with Gasteiger partial charge in [-0.05, 0) is 62.6 Å². The minimum atomic E-state index is -1.22. The SMILES string of the molecule is C=NNC(C)=O.CC.CCC(C)(C)CNC(C)=O.CCc1ccccc1C.Cc1cccc(C(C)(C)F)c1. The Morgan fingerprint density at radius 1 is 0.921 bits per heavy atom. The number of hydrazone groups is 1. The highest BCUT2D eigenvalue weighted by Gasteiger charge is 2.17. The second-order valence-electron chi connectivity index (χ2n) is 9.88. The van der Waals surface area contributed by atoms with Crippen LogP contribution in [0.3, 0.4) is 0 Å². The summed E-state index contributed by atoms with van der Waals surface area (Å²) in [5.74, 6) is -0.133. The number of carbonyl (C=O) groups is 2. The van der Waals surface area contributed by atoms with Crippen LogP contribution in [0, 0.1) is 19.3 Å². The molecular formula is C32H54FN3O2. The van der Waals surface area contributed by atoms with Crippen molar-refractivity contribution in [1.82, 2.24) is 10.7 Å². The van der Waals surface area contributed by atoms with E-state index < -0.39 is 5.67 Å². The third-order valence-electron chi connectivity index (χ3n) is 5.36. The number of hydrogen-bond acceptors (Lipinski definition) is 3. The van der Waals surface area contributed by atoms with E-state index in [0.717, 1.165) is 30.5 Å². The topological polar surface area (TPSA) is 70.6 Å². The molecule has 6 heteroatoms. The van der Waals surface area contributed by atoms with E-state index >= 15 is 0 Å². The van der Waals surface area contributed by atoms with E-state index in [1.165, 1.54) is 18.1 Å². The molecule has 216 valence electrons. The second kappa shape index (κ2) is 22.0. The summed E-state index contributed by atoms with van der Waals surface area (Å²) < 4.78 is 13.3. The monoisotopic (exact) mass is 531 g/mol. The molecule has 2 aromatic rings. The summed E-state index contributed by atoms with van der Waals surface area (Å²) in [6.07, 6.45) is 2.24. The zero-order valence-electron chi connectivity index (χ0n) is 26.1. The Balaban J connectivity index is -0.000000428. The number of nitrogens with one attached hydrogen (secondary N) is 2. The number of rotatable bonds is 6. The average Bonchev–Trinajstić information content (AvgIpc) is 2.85. The predicted octanol–water partition coefficient (Wildman–Crippen LogP) is 8.08. The molecule has 2 rings (SSSR count). The van der Waals surface area contributed by atoms with Gasteiger partial charge in [0.2, 0.25) is 11.8 Å². The van der Waals surface area contributed by atoms with Gasteiger partial charge in [0.05, 0.1) is 0 Å². The van der Waals surface area contributed by atoms with E-state index in [9.17, 15) is 14.0 Å². The summed E-state index contributed by atoms with van der Waals surface area (Å²) in [5, 5.41) is 5.88. The molecule has 0 saturated carbocycles. The van der Waals surface area contributed by atoms with Gasteiger partial charge in [-0.25, -0.2) is 9.82 Å². The molecule has 38 heavy (non-hydrogen) atoms. The standard InChI is InChI=1S/C10H13F.C9H12.C8H17NO.C3H6N2O.C2H6/c1-8-5-4-6-9(7-8)10(2,3)11;1-3-9-7-5-4-6-8(9)2;1-5-8(3,4)6-9-7(2)10;1-3(6)5-4-2;1-2/h4-7H,1-3H3;4-7H,3H2,1-2H3;5-6H2,1-4H3,(H,9,10);2H2,1H3,(H,5,6);1-2H3. The van der Waals surface area contributed by atoms with Crippen LogP contribution in [-0.2, 0) is 21.7 Å². The van der Waals surface area contributed by atoms with E-state index in [4.69, 9.17) is 0 Å². The predicted molar refractivity (Wildman–Crippen MR) is 163 cm³/mol. The largest absolute Gasteiger partial charge is 0.356 e. The molecule has 2 amide bonds. The molecule has 0 aliphatic heterocycles. The molecule has 0 aliphatic carbocycles. The number of alkyl halides is 1. The molecule has 5 nitrogen and oxygen atoms in total. The highest BCUT2D eigenvalue weighted by molar-refractivity contribution is 5.73. The Labute approximate surface area is 232 Å². The molecule has 0 fully saturated rings. The number of amides is 2. The maximum Gasteiger partial charge on any atom is 0.236 e.